The van der Waals surface area contributed by atoms with Gasteiger partial charge in [0, 0.05) is 24.7 Å². The molecule has 0 spiro atoms. The van der Waals surface area contributed by atoms with Crippen molar-refractivity contribution in [3.8, 4) is 0 Å². The largest absolute Gasteiger partial charge is 0.330 e. The van der Waals surface area contributed by atoms with Crippen molar-refractivity contribution in [3.63, 3.8) is 0 Å². The summed E-state index contributed by atoms with van der Waals surface area (Å²) in [6, 6.07) is 6.95. The third-order valence-electron chi connectivity index (χ3n) is 2.56. The summed E-state index contributed by atoms with van der Waals surface area (Å²) in [7, 11) is -3.20. The summed E-state index contributed by atoms with van der Waals surface area (Å²) >= 11 is 0. The molecular formula is C12H19N3O3S. The van der Waals surface area contributed by atoms with E-state index < -0.39 is 10.0 Å². The van der Waals surface area contributed by atoms with Crippen molar-refractivity contribution >= 4 is 21.6 Å². The van der Waals surface area contributed by atoms with E-state index in [-0.39, 0.29) is 18.4 Å². The molecule has 1 aromatic rings. The van der Waals surface area contributed by atoms with Crippen LogP contribution in [0.5, 0.6) is 0 Å². The Labute approximate surface area is 113 Å². The fraction of sp³-hybridized carbons (Fsp3) is 0.417. The summed E-state index contributed by atoms with van der Waals surface area (Å²) in [5.41, 5.74) is 6.88. The molecule has 1 unspecified atom stereocenters. The van der Waals surface area contributed by atoms with Crippen molar-refractivity contribution in [1.82, 2.24) is 4.72 Å². The Balaban J connectivity index is 2.59. The van der Waals surface area contributed by atoms with E-state index in [0.29, 0.717) is 12.2 Å². The van der Waals surface area contributed by atoms with E-state index >= 15 is 0 Å². The van der Waals surface area contributed by atoms with Gasteiger partial charge in [0.1, 0.15) is 0 Å². The van der Waals surface area contributed by atoms with E-state index in [1.54, 1.807) is 31.2 Å². The molecule has 1 aromatic carbocycles. The molecule has 7 heteroatoms. The van der Waals surface area contributed by atoms with Crippen LogP contribution in [-0.4, -0.2) is 27.1 Å². The Morgan fingerprint density at radius 3 is 2.37 bits per heavy atom. The number of hydrogen-bond acceptors (Lipinski definition) is 4. The molecule has 0 bridgehead atoms. The smallest absolute Gasteiger partial charge is 0.228 e. The van der Waals surface area contributed by atoms with Crippen molar-refractivity contribution in [2.45, 2.75) is 13.5 Å². The standard InChI is InChI=1S/C12H19N3O3S/c1-9(7-13)12(16)15-11-5-3-10(4-6-11)8-14-19(2,17)18/h3-6,9,14H,7-8,13H2,1-2H3,(H,15,16). The zero-order valence-corrected chi connectivity index (χ0v) is 11.8. The number of nitrogens with two attached hydrogens (primary N) is 1. The molecule has 0 aliphatic carbocycles. The van der Waals surface area contributed by atoms with Crippen molar-refractivity contribution in [3.05, 3.63) is 29.8 Å². The van der Waals surface area contributed by atoms with Crippen molar-refractivity contribution in [2.75, 3.05) is 18.1 Å². The Hall–Kier alpha value is -1.44. The summed E-state index contributed by atoms with van der Waals surface area (Å²) in [4.78, 5) is 11.6. The topological polar surface area (TPSA) is 101 Å². The van der Waals surface area contributed by atoms with Crippen LogP contribution in [0, 0.1) is 5.92 Å². The van der Waals surface area contributed by atoms with Gasteiger partial charge in [-0.25, -0.2) is 13.1 Å². The summed E-state index contributed by atoms with van der Waals surface area (Å²) in [6.45, 7) is 2.27. The first-order chi connectivity index (χ1) is 8.81. The van der Waals surface area contributed by atoms with Crippen LogP contribution in [-0.2, 0) is 21.4 Å². The van der Waals surface area contributed by atoms with Gasteiger partial charge >= 0.3 is 0 Å². The lowest BCUT2D eigenvalue weighted by Gasteiger charge is -2.10. The number of sulfonamides is 1. The van der Waals surface area contributed by atoms with E-state index in [0.717, 1.165) is 11.8 Å². The van der Waals surface area contributed by atoms with Gasteiger partial charge in [-0.3, -0.25) is 4.79 Å². The summed E-state index contributed by atoms with van der Waals surface area (Å²) in [6.07, 6.45) is 1.11. The third-order valence-corrected chi connectivity index (χ3v) is 3.23. The second-order valence-corrected chi connectivity index (χ2v) is 6.25. The first-order valence-corrected chi connectivity index (χ1v) is 7.75. The molecule has 0 fully saturated rings. The van der Waals surface area contributed by atoms with Gasteiger partial charge in [-0.15, -0.1) is 0 Å². The van der Waals surface area contributed by atoms with Gasteiger partial charge < -0.3 is 11.1 Å². The maximum absolute atomic E-state index is 11.6. The van der Waals surface area contributed by atoms with E-state index in [1.165, 1.54) is 0 Å². The zero-order chi connectivity index (χ0) is 14.5. The van der Waals surface area contributed by atoms with Crippen molar-refractivity contribution in [2.24, 2.45) is 11.7 Å². The molecule has 0 saturated heterocycles. The zero-order valence-electron chi connectivity index (χ0n) is 11.0. The van der Waals surface area contributed by atoms with Crippen LogP contribution in [0.15, 0.2) is 24.3 Å². The number of carbonyl (C=O) groups excluding carboxylic acids is 1. The molecule has 4 N–H and O–H groups in total. The highest BCUT2D eigenvalue weighted by Crippen LogP contribution is 2.11. The predicted octanol–water partition coefficient (Wildman–Crippen LogP) is 0.269. The molecule has 6 nitrogen and oxygen atoms in total. The third kappa shape index (κ3) is 5.82. The number of anilines is 1. The maximum atomic E-state index is 11.6. The molecule has 0 aromatic heterocycles. The summed E-state index contributed by atoms with van der Waals surface area (Å²) < 4.78 is 24.3. The fourth-order valence-electron chi connectivity index (χ4n) is 1.29. The highest BCUT2D eigenvalue weighted by molar-refractivity contribution is 7.88. The van der Waals surface area contributed by atoms with Crippen molar-refractivity contribution < 1.29 is 13.2 Å². The first-order valence-electron chi connectivity index (χ1n) is 5.86. The monoisotopic (exact) mass is 285 g/mol. The van der Waals surface area contributed by atoms with Gasteiger partial charge in [-0.1, -0.05) is 19.1 Å². The molecule has 0 radical (unpaired) electrons. The van der Waals surface area contributed by atoms with E-state index in [2.05, 4.69) is 10.0 Å². The van der Waals surface area contributed by atoms with Crippen LogP contribution in [0.3, 0.4) is 0 Å². The van der Waals surface area contributed by atoms with Gasteiger partial charge in [0.05, 0.1) is 6.26 Å². The van der Waals surface area contributed by atoms with Gasteiger partial charge in [-0.05, 0) is 17.7 Å². The maximum Gasteiger partial charge on any atom is 0.228 e. The van der Waals surface area contributed by atoms with Crippen LogP contribution < -0.4 is 15.8 Å². The number of benzene rings is 1. The fourth-order valence-corrected chi connectivity index (χ4v) is 1.72. The Morgan fingerprint density at radius 1 is 1.32 bits per heavy atom. The first kappa shape index (κ1) is 15.6. The number of carbonyl (C=O) groups is 1. The lowest BCUT2D eigenvalue weighted by Crippen LogP contribution is -2.26. The second kappa shape index (κ2) is 6.65. The van der Waals surface area contributed by atoms with Gasteiger partial charge in [0.25, 0.3) is 0 Å². The van der Waals surface area contributed by atoms with E-state index in [1.807, 2.05) is 0 Å². The van der Waals surface area contributed by atoms with Gasteiger partial charge in [-0.2, -0.15) is 0 Å². The van der Waals surface area contributed by atoms with Crippen LogP contribution in [0.4, 0.5) is 5.69 Å². The highest BCUT2D eigenvalue weighted by atomic mass is 32.2. The average molecular weight is 285 g/mol. The van der Waals surface area contributed by atoms with Crippen LogP contribution in [0.25, 0.3) is 0 Å². The van der Waals surface area contributed by atoms with Gasteiger partial charge in [0.15, 0.2) is 0 Å². The van der Waals surface area contributed by atoms with Crippen molar-refractivity contribution in [1.29, 1.82) is 0 Å². The number of nitrogens with one attached hydrogen (secondary N) is 2. The molecule has 0 aliphatic heterocycles. The predicted molar refractivity (Wildman–Crippen MR) is 75.0 cm³/mol. The quantitative estimate of drug-likeness (QED) is 0.698. The number of hydrogen-bond donors (Lipinski definition) is 3. The highest BCUT2D eigenvalue weighted by Gasteiger charge is 2.10. The lowest BCUT2D eigenvalue weighted by molar-refractivity contribution is -0.119. The summed E-state index contributed by atoms with van der Waals surface area (Å²) in [5.74, 6) is -0.379. The molecule has 106 valence electrons. The average Bonchev–Trinajstić information content (AvgIpc) is 2.36. The Morgan fingerprint density at radius 2 is 1.89 bits per heavy atom. The molecule has 0 aliphatic rings. The second-order valence-electron chi connectivity index (χ2n) is 4.42. The van der Waals surface area contributed by atoms with E-state index in [9.17, 15) is 13.2 Å². The Bertz CT molecular complexity index is 526. The molecule has 0 heterocycles. The minimum Gasteiger partial charge on any atom is -0.330 e. The van der Waals surface area contributed by atoms with Crippen LogP contribution in [0.2, 0.25) is 0 Å². The normalized spacial score (nSPS) is 13.0. The number of amides is 1. The molecule has 1 amide bonds. The molecule has 19 heavy (non-hydrogen) atoms. The molecule has 1 rings (SSSR count). The SMILES string of the molecule is CC(CN)C(=O)Nc1ccc(CNS(C)(=O)=O)cc1. The number of rotatable bonds is 6. The minimum absolute atomic E-state index is 0.135. The van der Waals surface area contributed by atoms with Crippen LogP contribution >= 0.6 is 0 Å². The molecular weight excluding hydrogens is 266 g/mol. The van der Waals surface area contributed by atoms with Gasteiger partial charge in [0.2, 0.25) is 15.9 Å². The summed E-state index contributed by atoms with van der Waals surface area (Å²) in [5, 5.41) is 2.73. The van der Waals surface area contributed by atoms with E-state index in [4.69, 9.17) is 5.73 Å². The molecule has 0 saturated carbocycles. The molecule has 1 atom stereocenters. The Kier molecular flexibility index (Phi) is 5.46. The minimum atomic E-state index is -3.20. The van der Waals surface area contributed by atoms with Crippen LogP contribution in [0.1, 0.15) is 12.5 Å². The lowest BCUT2D eigenvalue weighted by atomic mass is 10.1.